The van der Waals surface area contributed by atoms with Crippen LogP contribution in [0.25, 0.3) is 22.1 Å². The Hall–Kier alpha value is -4.11. The van der Waals surface area contributed by atoms with E-state index in [1.54, 1.807) is 31.4 Å². The predicted octanol–water partition coefficient (Wildman–Crippen LogP) is 8.08. The van der Waals surface area contributed by atoms with Crippen molar-refractivity contribution < 1.29 is 19.0 Å². The van der Waals surface area contributed by atoms with Crippen LogP contribution in [0.3, 0.4) is 0 Å². The van der Waals surface area contributed by atoms with Crippen molar-refractivity contribution in [1.82, 2.24) is 4.90 Å². The van der Waals surface area contributed by atoms with Crippen molar-refractivity contribution in [2.24, 2.45) is 0 Å². The summed E-state index contributed by atoms with van der Waals surface area (Å²) in [5, 5.41) is 10.9. The summed E-state index contributed by atoms with van der Waals surface area (Å²) in [6, 6.07) is 24.8. The molecule has 0 spiro atoms. The SMILES string of the molecule is CN(C)CCCN1c2ccccc2Sc2ccc(Cl)cc21.COc1ccc(-c2coc3c(OC)c(O)ccc3c2=O)cc1. The van der Waals surface area contributed by atoms with E-state index in [2.05, 4.69) is 60.3 Å². The summed E-state index contributed by atoms with van der Waals surface area (Å²) in [5.41, 5.74) is 3.71. The molecule has 43 heavy (non-hydrogen) atoms. The molecule has 0 radical (unpaired) electrons. The van der Waals surface area contributed by atoms with Crippen molar-refractivity contribution in [2.75, 3.05) is 46.3 Å². The zero-order valence-electron chi connectivity index (χ0n) is 24.5. The van der Waals surface area contributed by atoms with E-state index in [1.807, 2.05) is 17.8 Å². The molecule has 4 aromatic carbocycles. The Labute approximate surface area is 260 Å². The molecule has 0 amide bonds. The van der Waals surface area contributed by atoms with Gasteiger partial charge in [-0.25, -0.2) is 0 Å². The molecule has 5 aromatic rings. The van der Waals surface area contributed by atoms with E-state index in [9.17, 15) is 9.90 Å². The minimum absolute atomic E-state index is 0.0738. The average molecular weight is 617 g/mol. The Morgan fingerprint density at radius 3 is 2.40 bits per heavy atom. The van der Waals surface area contributed by atoms with Crippen LogP contribution in [0.5, 0.6) is 17.2 Å². The monoisotopic (exact) mass is 616 g/mol. The van der Waals surface area contributed by atoms with Crippen LogP contribution in [0.2, 0.25) is 5.02 Å². The third kappa shape index (κ3) is 6.62. The lowest BCUT2D eigenvalue weighted by atomic mass is 10.1. The summed E-state index contributed by atoms with van der Waals surface area (Å²) in [6.45, 7) is 2.09. The maximum Gasteiger partial charge on any atom is 0.204 e. The number of methoxy groups -OCH3 is 2. The summed E-state index contributed by atoms with van der Waals surface area (Å²) in [4.78, 5) is 19.9. The van der Waals surface area contributed by atoms with Crippen molar-refractivity contribution in [3.8, 4) is 28.4 Å². The molecular weight excluding hydrogens is 584 g/mol. The molecule has 1 aliphatic heterocycles. The number of fused-ring (bicyclic) bond motifs is 3. The van der Waals surface area contributed by atoms with Gasteiger partial charge in [-0.3, -0.25) is 4.79 Å². The first kappa shape index (κ1) is 30.4. The van der Waals surface area contributed by atoms with Gasteiger partial charge in [0.1, 0.15) is 12.0 Å². The molecule has 1 N–H and O–H groups in total. The van der Waals surface area contributed by atoms with Crippen LogP contribution in [0.15, 0.2) is 104 Å². The highest BCUT2D eigenvalue weighted by molar-refractivity contribution is 7.99. The second-order valence-electron chi connectivity index (χ2n) is 10.2. The van der Waals surface area contributed by atoms with Crippen molar-refractivity contribution in [3.05, 3.63) is 100 Å². The number of rotatable bonds is 7. The third-order valence-corrected chi connectivity index (χ3v) is 8.42. The maximum absolute atomic E-state index is 12.6. The fourth-order valence-electron chi connectivity index (χ4n) is 4.92. The average Bonchev–Trinajstić information content (AvgIpc) is 3.01. The standard InChI is InChI=1S/C17H19ClN2S.C17H14O5/c1-19(2)10-5-11-20-14-6-3-4-7-16(14)21-17-9-8-13(18)12-15(17)20;1-20-11-5-3-10(4-6-11)13-9-22-16-12(15(13)19)7-8-14(18)17(16)21-2/h3-4,6-9,12H,5,10-11H2,1-2H3;3-9,18H,1-2H3. The largest absolute Gasteiger partial charge is 0.504 e. The Balaban J connectivity index is 0.000000171. The molecule has 2 heterocycles. The number of para-hydroxylation sites is 1. The van der Waals surface area contributed by atoms with Crippen LogP contribution in [-0.2, 0) is 0 Å². The van der Waals surface area contributed by atoms with Gasteiger partial charge in [0.2, 0.25) is 11.2 Å². The molecular formula is C34H33ClN2O5S. The lowest BCUT2D eigenvalue weighted by Crippen LogP contribution is -2.25. The summed E-state index contributed by atoms with van der Waals surface area (Å²) in [6.07, 6.45) is 2.49. The quantitative estimate of drug-likeness (QED) is 0.197. The molecule has 9 heteroatoms. The van der Waals surface area contributed by atoms with Gasteiger partial charge in [0.25, 0.3) is 0 Å². The normalized spacial score (nSPS) is 11.9. The number of benzene rings is 4. The Bertz CT molecular complexity index is 1790. The van der Waals surface area contributed by atoms with Gasteiger partial charge in [-0.2, -0.15) is 0 Å². The number of hydrogen-bond acceptors (Lipinski definition) is 8. The molecule has 1 aliphatic rings. The van der Waals surface area contributed by atoms with E-state index in [1.165, 1.54) is 46.7 Å². The predicted molar refractivity (Wildman–Crippen MR) is 175 cm³/mol. The molecule has 0 atom stereocenters. The number of phenolic OH excluding ortho intramolecular Hbond substituents is 1. The zero-order valence-corrected chi connectivity index (χ0v) is 26.0. The van der Waals surface area contributed by atoms with Gasteiger partial charge < -0.3 is 28.8 Å². The first-order chi connectivity index (χ1) is 20.8. The summed E-state index contributed by atoms with van der Waals surface area (Å²) in [7, 11) is 7.22. The van der Waals surface area contributed by atoms with Gasteiger partial charge in [-0.15, -0.1) is 0 Å². The van der Waals surface area contributed by atoms with Crippen molar-refractivity contribution >= 4 is 45.7 Å². The molecule has 6 rings (SSSR count). The highest BCUT2D eigenvalue weighted by atomic mass is 35.5. The van der Waals surface area contributed by atoms with Gasteiger partial charge >= 0.3 is 0 Å². The van der Waals surface area contributed by atoms with E-state index in [-0.39, 0.29) is 22.5 Å². The second kappa shape index (κ2) is 13.5. The molecule has 0 aliphatic carbocycles. The van der Waals surface area contributed by atoms with Crippen LogP contribution >= 0.6 is 23.4 Å². The molecule has 7 nitrogen and oxygen atoms in total. The highest BCUT2D eigenvalue weighted by Gasteiger charge is 2.23. The molecule has 0 saturated carbocycles. The minimum atomic E-state index is -0.190. The van der Waals surface area contributed by atoms with Crippen LogP contribution in [0, 0.1) is 0 Å². The number of ether oxygens (including phenoxy) is 2. The molecule has 0 fully saturated rings. The third-order valence-electron chi connectivity index (χ3n) is 7.06. The first-order valence-corrected chi connectivity index (χ1v) is 14.9. The summed E-state index contributed by atoms with van der Waals surface area (Å²) in [5.74, 6) is 0.784. The van der Waals surface area contributed by atoms with Crippen molar-refractivity contribution in [2.45, 2.75) is 16.2 Å². The van der Waals surface area contributed by atoms with E-state index in [4.69, 9.17) is 25.5 Å². The lowest BCUT2D eigenvalue weighted by molar-refractivity contribution is 0.370. The number of anilines is 2. The Kier molecular flexibility index (Phi) is 9.50. The van der Waals surface area contributed by atoms with E-state index >= 15 is 0 Å². The fourth-order valence-corrected chi connectivity index (χ4v) is 6.16. The van der Waals surface area contributed by atoms with E-state index < -0.39 is 0 Å². The zero-order chi connectivity index (χ0) is 30.5. The van der Waals surface area contributed by atoms with Gasteiger partial charge in [0.15, 0.2) is 11.3 Å². The van der Waals surface area contributed by atoms with Gasteiger partial charge in [-0.1, -0.05) is 47.6 Å². The highest BCUT2D eigenvalue weighted by Crippen LogP contribution is 2.48. The molecule has 0 unspecified atom stereocenters. The van der Waals surface area contributed by atoms with Crippen LogP contribution in [0.4, 0.5) is 11.4 Å². The van der Waals surface area contributed by atoms with Crippen LogP contribution in [-0.4, -0.2) is 51.4 Å². The van der Waals surface area contributed by atoms with E-state index in [0.717, 1.165) is 30.1 Å². The molecule has 0 bridgehead atoms. The molecule has 222 valence electrons. The van der Waals surface area contributed by atoms with Crippen molar-refractivity contribution in [1.29, 1.82) is 0 Å². The molecule has 0 saturated heterocycles. The fraction of sp³-hybridized carbons (Fsp3) is 0.206. The number of aromatic hydroxyl groups is 1. The molecule has 1 aromatic heterocycles. The van der Waals surface area contributed by atoms with Gasteiger partial charge in [-0.05, 0) is 87.2 Å². The Morgan fingerprint density at radius 2 is 1.67 bits per heavy atom. The second-order valence-corrected chi connectivity index (χ2v) is 11.7. The summed E-state index contributed by atoms with van der Waals surface area (Å²) >= 11 is 8.03. The van der Waals surface area contributed by atoms with Crippen molar-refractivity contribution in [3.63, 3.8) is 0 Å². The van der Waals surface area contributed by atoms with Gasteiger partial charge in [0, 0.05) is 21.4 Å². The smallest absolute Gasteiger partial charge is 0.204 e. The number of hydrogen-bond donors (Lipinski definition) is 1. The number of phenols is 1. The van der Waals surface area contributed by atoms with Crippen LogP contribution in [0.1, 0.15) is 6.42 Å². The Morgan fingerprint density at radius 1 is 0.930 bits per heavy atom. The van der Waals surface area contributed by atoms with Crippen LogP contribution < -0.4 is 19.8 Å². The minimum Gasteiger partial charge on any atom is -0.504 e. The maximum atomic E-state index is 12.6. The lowest BCUT2D eigenvalue weighted by Gasteiger charge is -2.33. The topological polar surface area (TPSA) is 75.4 Å². The first-order valence-electron chi connectivity index (χ1n) is 13.7. The van der Waals surface area contributed by atoms with E-state index in [0.29, 0.717) is 16.7 Å². The summed E-state index contributed by atoms with van der Waals surface area (Å²) < 4.78 is 15.7. The van der Waals surface area contributed by atoms with Gasteiger partial charge in [0.05, 0.1) is 36.5 Å². The number of nitrogens with zero attached hydrogens (tertiary/aromatic N) is 2. The number of halogens is 1.